The van der Waals surface area contributed by atoms with Crippen molar-refractivity contribution in [2.45, 2.75) is 25.8 Å². The Hall–Kier alpha value is -2.53. The monoisotopic (exact) mass is 366 g/mol. The molecule has 0 radical (unpaired) electrons. The molecule has 0 bridgehead atoms. The SMILES string of the molecule is O=C(CCc1csc(-c2ccc(F)cc2)n1)N1CCc2ccccc2C1. The summed E-state index contributed by atoms with van der Waals surface area (Å²) in [7, 11) is 0. The van der Waals surface area contributed by atoms with E-state index in [4.69, 9.17) is 0 Å². The van der Waals surface area contributed by atoms with E-state index in [2.05, 4.69) is 23.2 Å². The van der Waals surface area contributed by atoms with Crippen molar-refractivity contribution in [2.75, 3.05) is 6.54 Å². The van der Waals surface area contributed by atoms with Crippen LogP contribution in [0.2, 0.25) is 0 Å². The Morgan fingerprint density at radius 2 is 1.88 bits per heavy atom. The van der Waals surface area contributed by atoms with Crippen molar-refractivity contribution in [1.82, 2.24) is 9.88 Å². The molecule has 4 rings (SSSR count). The third-order valence-electron chi connectivity index (χ3n) is 4.72. The fourth-order valence-corrected chi connectivity index (χ4v) is 4.11. The van der Waals surface area contributed by atoms with Crippen LogP contribution in [0.3, 0.4) is 0 Å². The summed E-state index contributed by atoms with van der Waals surface area (Å²) in [6.45, 7) is 1.49. The quantitative estimate of drug-likeness (QED) is 0.683. The topological polar surface area (TPSA) is 33.2 Å². The number of halogens is 1. The van der Waals surface area contributed by atoms with Crippen LogP contribution >= 0.6 is 11.3 Å². The molecule has 0 saturated heterocycles. The summed E-state index contributed by atoms with van der Waals surface area (Å²) in [6, 6.07) is 14.7. The Morgan fingerprint density at radius 3 is 2.69 bits per heavy atom. The second kappa shape index (κ2) is 7.38. The normalized spacial score (nSPS) is 13.5. The zero-order valence-electron chi connectivity index (χ0n) is 14.3. The second-order valence-corrected chi connectivity index (χ2v) is 7.34. The summed E-state index contributed by atoms with van der Waals surface area (Å²) >= 11 is 1.53. The highest BCUT2D eigenvalue weighted by atomic mass is 32.1. The Kier molecular flexibility index (Phi) is 4.80. The van der Waals surface area contributed by atoms with E-state index in [-0.39, 0.29) is 11.7 Å². The van der Waals surface area contributed by atoms with Gasteiger partial charge in [0.2, 0.25) is 5.91 Å². The van der Waals surface area contributed by atoms with Gasteiger partial charge in [0, 0.05) is 30.5 Å². The third kappa shape index (κ3) is 3.68. The number of thiazole rings is 1. The van der Waals surface area contributed by atoms with Crippen LogP contribution in [0.4, 0.5) is 4.39 Å². The predicted molar refractivity (Wildman–Crippen MR) is 101 cm³/mol. The van der Waals surface area contributed by atoms with Crippen LogP contribution in [0.15, 0.2) is 53.9 Å². The summed E-state index contributed by atoms with van der Waals surface area (Å²) < 4.78 is 13.0. The Labute approximate surface area is 156 Å². The molecule has 26 heavy (non-hydrogen) atoms. The average molecular weight is 366 g/mol. The molecule has 0 aliphatic carbocycles. The van der Waals surface area contributed by atoms with Gasteiger partial charge in [-0.15, -0.1) is 11.3 Å². The van der Waals surface area contributed by atoms with E-state index in [0.29, 0.717) is 19.4 Å². The number of benzene rings is 2. The number of fused-ring (bicyclic) bond motifs is 1. The molecule has 0 spiro atoms. The van der Waals surface area contributed by atoms with Crippen LogP contribution in [-0.2, 0) is 24.2 Å². The van der Waals surface area contributed by atoms with Crippen LogP contribution in [0.5, 0.6) is 0 Å². The molecule has 3 nitrogen and oxygen atoms in total. The van der Waals surface area contributed by atoms with Gasteiger partial charge in [-0.05, 0) is 48.2 Å². The average Bonchev–Trinajstić information content (AvgIpc) is 3.15. The van der Waals surface area contributed by atoms with E-state index in [1.165, 1.54) is 34.6 Å². The van der Waals surface area contributed by atoms with Crippen molar-refractivity contribution in [3.63, 3.8) is 0 Å². The number of nitrogens with zero attached hydrogens (tertiary/aromatic N) is 2. The van der Waals surface area contributed by atoms with Gasteiger partial charge in [0.25, 0.3) is 0 Å². The zero-order valence-corrected chi connectivity index (χ0v) is 15.1. The molecule has 0 atom stereocenters. The first-order valence-corrected chi connectivity index (χ1v) is 9.62. The zero-order chi connectivity index (χ0) is 17.9. The Balaban J connectivity index is 1.36. The molecule has 1 aliphatic rings. The number of carbonyl (C=O) groups is 1. The number of amides is 1. The second-order valence-electron chi connectivity index (χ2n) is 6.48. The lowest BCUT2D eigenvalue weighted by Crippen LogP contribution is -2.36. The molecule has 3 aromatic rings. The van der Waals surface area contributed by atoms with Gasteiger partial charge >= 0.3 is 0 Å². The predicted octanol–water partition coefficient (Wildman–Crippen LogP) is 4.47. The van der Waals surface area contributed by atoms with Crippen molar-refractivity contribution in [2.24, 2.45) is 0 Å². The maximum Gasteiger partial charge on any atom is 0.223 e. The van der Waals surface area contributed by atoms with Gasteiger partial charge in [-0.1, -0.05) is 24.3 Å². The number of hydrogen-bond acceptors (Lipinski definition) is 3. The minimum atomic E-state index is -0.251. The molecule has 0 saturated carbocycles. The first-order chi connectivity index (χ1) is 12.7. The molecular weight excluding hydrogens is 347 g/mol. The highest BCUT2D eigenvalue weighted by Crippen LogP contribution is 2.25. The molecule has 2 heterocycles. The summed E-state index contributed by atoms with van der Waals surface area (Å²) in [6.07, 6.45) is 2.02. The van der Waals surface area contributed by atoms with E-state index >= 15 is 0 Å². The van der Waals surface area contributed by atoms with Crippen molar-refractivity contribution < 1.29 is 9.18 Å². The molecule has 0 unspecified atom stereocenters. The van der Waals surface area contributed by atoms with Gasteiger partial charge in [-0.25, -0.2) is 9.37 Å². The minimum Gasteiger partial charge on any atom is -0.338 e. The van der Waals surface area contributed by atoms with E-state index in [1.807, 2.05) is 16.3 Å². The lowest BCUT2D eigenvalue weighted by Gasteiger charge is -2.28. The lowest BCUT2D eigenvalue weighted by molar-refractivity contribution is -0.132. The van der Waals surface area contributed by atoms with Gasteiger partial charge in [0.05, 0.1) is 5.69 Å². The summed E-state index contributed by atoms with van der Waals surface area (Å²) in [5.74, 6) is -0.0740. The highest BCUT2D eigenvalue weighted by molar-refractivity contribution is 7.13. The molecular formula is C21H19FN2OS. The van der Waals surface area contributed by atoms with Crippen LogP contribution < -0.4 is 0 Å². The van der Waals surface area contributed by atoms with Crippen LogP contribution in [0.25, 0.3) is 10.6 Å². The van der Waals surface area contributed by atoms with Gasteiger partial charge in [0.15, 0.2) is 0 Å². The number of aromatic nitrogens is 1. The van der Waals surface area contributed by atoms with E-state index in [9.17, 15) is 9.18 Å². The molecule has 1 aromatic heterocycles. The standard InChI is InChI=1S/C21H19FN2OS/c22-18-7-5-16(6-8-18)21-23-19(14-26-21)9-10-20(25)24-12-11-15-3-1-2-4-17(15)13-24/h1-8,14H,9-13H2. The van der Waals surface area contributed by atoms with Gasteiger partial charge in [-0.3, -0.25) is 4.79 Å². The molecule has 1 amide bonds. The number of rotatable bonds is 4. The maximum atomic E-state index is 13.0. The number of aryl methyl sites for hydroxylation is 1. The Morgan fingerprint density at radius 1 is 1.12 bits per heavy atom. The first-order valence-electron chi connectivity index (χ1n) is 8.74. The maximum absolute atomic E-state index is 13.0. The lowest BCUT2D eigenvalue weighted by atomic mass is 9.99. The molecule has 0 fully saturated rings. The number of hydrogen-bond donors (Lipinski definition) is 0. The number of carbonyl (C=O) groups excluding carboxylic acids is 1. The van der Waals surface area contributed by atoms with Crippen molar-refractivity contribution >= 4 is 17.2 Å². The first kappa shape index (κ1) is 16.9. The van der Waals surface area contributed by atoms with Crippen molar-refractivity contribution in [3.8, 4) is 10.6 Å². The Bertz CT molecular complexity index is 920. The van der Waals surface area contributed by atoms with E-state index in [0.717, 1.165) is 29.2 Å². The fourth-order valence-electron chi connectivity index (χ4n) is 3.25. The molecule has 5 heteroatoms. The molecule has 0 N–H and O–H groups in total. The smallest absolute Gasteiger partial charge is 0.223 e. The fraction of sp³-hybridized carbons (Fsp3) is 0.238. The third-order valence-corrected chi connectivity index (χ3v) is 5.66. The van der Waals surface area contributed by atoms with Gasteiger partial charge in [-0.2, -0.15) is 0 Å². The molecule has 132 valence electrons. The van der Waals surface area contributed by atoms with Crippen LogP contribution in [-0.4, -0.2) is 22.3 Å². The van der Waals surface area contributed by atoms with E-state index in [1.54, 1.807) is 12.1 Å². The van der Waals surface area contributed by atoms with Gasteiger partial charge < -0.3 is 4.90 Å². The largest absolute Gasteiger partial charge is 0.338 e. The van der Waals surface area contributed by atoms with Gasteiger partial charge in [0.1, 0.15) is 10.8 Å². The van der Waals surface area contributed by atoms with Crippen molar-refractivity contribution in [3.05, 3.63) is 76.5 Å². The summed E-state index contributed by atoms with van der Waals surface area (Å²) in [4.78, 5) is 19.1. The summed E-state index contributed by atoms with van der Waals surface area (Å²) in [5, 5.41) is 2.84. The summed E-state index contributed by atoms with van der Waals surface area (Å²) in [5.41, 5.74) is 4.42. The molecule has 1 aliphatic heterocycles. The van der Waals surface area contributed by atoms with Crippen LogP contribution in [0.1, 0.15) is 23.2 Å². The van der Waals surface area contributed by atoms with E-state index < -0.39 is 0 Å². The highest BCUT2D eigenvalue weighted by Gasteiger charge is 2.20. The molecule has 2 aromatic carbocycles. The minimum absolute atomic E-state index is 0.177. The van der Waals surface area contributed by atoms with Crippen LogP contribution in [0, 0.1) is 5.82 Å². The van der Waals surface area contributed by atoms with Crippen molar-refractivity contribution in [1.29, 1.82) is 0 Å².